The molecule has 1 rings (SSSR count). The number of aliphatic carboxylic acids is 1. The second-order valence-corrected chi connectivity index (χ2v) is 5.05. The lowest BCUT2D eigenvalue weighted by Gasteiger charge is -2.30. The van der Waals surface area contributed by atoms with Crippen LogP contribution in [-0.2, 0) is 9.36 Å². The first-order valence-corrected chi connectivity index (χ1v) is 6.48. The topological polar surface area (TPSA) is 110 Å². The summed E-state index contributed by atoms with van der Waals surface area (Å²) in [7, 11) is -4.11. The smallest absolute Gasteiger partial charge is 0.348 e. The molecule has 92 valence electrons. The van der Waals surface area contributed by atoms with Crippen molar-refractivity contribution in [2.24, 2.45) is 0 Å². The summed E-state index contributed by atoms with van der Waals surface area (Å²) in [5.41, 5.74) is 0. The van der Waals surface area contributed by atoms with Gasteiger partial charge in [0.2, 0.25) is 0 Å². The molecule has 0 aromatic carbocycles. The molecule has 1 aliphatic rings. The lowest BCUT2D eigenvalue weighted by atomic mass is 10.2. The van der Waals surface area contributed by atoms with Crippen molar-refractivity contribution < 1.29 is 24.3 Å². The van der Waals surface area contributed by atoms with Crippen molar-refractivity contribution in [2.45, 2.75) is 6.04 Å². The molecule has 8 heteroatoms. The lowest BCUT2D eigenvalue weighted by Crippen LogP contribution is -2.54. The van der Waals surface area contributed by atoms with E-state index < -0.39 is 19.6 Å². The Hall–Kier alpha value is -0.720. The number of carbonyl (C=O) groups is 1. The monoisotopic (exact) mass is 250 g/mol. The highest BCUT2D eigenvalue weighted by Gasteiger charge is 2.23. The zero-order valence-corrected chi connectivity index (χ0v) is 9.51. The van der Waals surface area contributed by atoms with E-state index >= 15 is 0 Å². The molecule has 0 radical (unpaired) electrons. The van der Waals surface area contributed by atoms with E-state index in [2.05, 4.69) is 5.32 Å². The van der Waals surface area contributed by atoms with Crippen LogP contribution in [0.2, 0.25) is 0 Å². The molecule has 1 saturated heterocycles. The first-order valence-electron chi connectivity index (χ1n) is 4.80. The van der Waals surface area contributed by atoms with Crippen molar-refractivity contribution in [3.63, 3.8) is 0 Å². The number of carboxylic acids is 1. The van der Waals surface area contributed by atoms with Gasteiger partial charge in [0, 0.05) is 32.0 Å². The van der Waals surface area contributed by atoms with Crippen molar-refractivity contribution in [2.75, 3.05) is 26.2 Å². The quantitative estimate of drug-likeness (QED) is 0.475. The van der Waals surface area contributed by atoms with Gasteiger partial charge in [0.25, 0.3) is 0 Å². The van der Waals surface area contributed by atoms with Gasteiger partial charge in [-0.15, -0.1) is 0 Å². The number of rotatable bonds is 4. The van der Waals surface area contributed by atoms with Crippen molar-refractivity contribution >= 4 is 13.6 Å². The molecule has 1 unspecified atom stereocenters. The molecule has 0 spiro atoms. The molecule has 1 fully saturated rings. The van der Waals surface area contributed by atoms with E-state index in [1.54, 1.807) is 0 Å². The van der Waals surface area contributed by atoms with E-state index in [1.807, 2.05) is 4.90 Å². The summed E-state index contributed by atoms with van der Waals surface area (Å²) >= 11 is 0. The number of carboxylic acid groups (broad SMARTS) is 1. The summed E-state index contributed by atoms with van der Waals surface area (Å²) in [6, 6.07) is -0.614. The third-order valence-corrected chi connectivity index (χ3v) is 2.82. The summed E-state index contributed by atoms with van der Waals surface area (Å²) < 4.78 is 10.5. The van der Waals surface area contributed by atoms with Crippen LogP contribution in [0.15, 0.2) is 11.9 Å². The Labute approximate surface area is 92.9 Å². The van der Waals surface area contributed by atoms with E-state index in [-0.39, 0.29) is 0 Å². The molecule has 7 nitrogen and oxygen atoms in total. The number of hydrogen-bond acceptors (Lipinski definition) is 4. The van der Waals surface area contributed by atoms with E-state index in [0.717, 1.165) is 5.82 Å². The number of nitrogens with one attached hydrogen (secondary N) is 1. The Morgan fingerprint density at radius 3 is 2.81 bits per heavy atom. The Bertz CT molecular complexity index is 326. The Balaban J connectivity index is 2.41. The fourth-order valence-corrected chi connectivity index (χ4v) is 1.84. The highest BCUT2D eigenvalue weighted by Crippen LogP contribution is 2.35. The number of hydrogen-bond donors (Lipinski definition) is 4. The number of piperazine rings is 1. The van der Waals surface area contributed by atoms with Crippen molar-refractivity contribution in [1.29, 1.82) is 0 Å². The maximum Gasteiger partial charge on any atom is 0.348 e. The van der Waals surface area contributed by atoms with Crippen LogP contribution in [0.25, 0.3) is 0 Å². The second-order valence-electron chi connectivity index (χ2n) is 3.58. The average molecular weight is 250 g/mol. The summed E-state index contributed by atoms with van der Waals surface area (Å²) in [6.07, 6.45) is 1.37. The molecular formula is C8H15N2O5P. The first kappa shape index (κ1) is 13.3. The van der Waals surface area contributed by atoms with Gasteiger partial charge in [-0.3, -0.25) is 14.3 Å². The third-order valence-electron chi connectivity index (χ3n) is 2.22. The van der Waals surface area contributed by atoms with Crippen LogP contribution >= 0.6 is 7.60 Å². The molecule has 0 aromatic heterocycles. The molecule has 0 bridgehead atoms. The van der Waals surface area contributed by atoms with Gasteiger partial charge in [-0.2, -0.15) is 0 Å². The van der Waals surface area contributed by atoms with Gasteiger partial charge < -0.3 is 20.2 Å². The van der Waals surface area contributed by atoms with Crippen molar-refractivity contribution in [3.8, 4) is 0 Å². The lowest BCUT2D eigenvalue weighted by molar-refractivity contribution is -0.140. The fraction of sp³-hybridized carbons (Fsp3) is 0.625. The highest BCUT2D eigenvalue weighted by molar-refractivity contribution is 7.55. The van der Waals surface area contributed by atoms with Crippen LogP contribution < -0.4 is 5.32 Å². The predicted molar refractivity (Wildman–Crippen MR) is 57.1 cm³/mol. The molecule has 0 saturated carbocycles. The van der Waals surface area contributed by atoms with Crippen LogP contribution in [0.4, 0.5) is 0 Å². The van der Waals surface area contributed by atoms with E-state index in [0.29, 0.717) is 26.2 Å². The van der Waals surface area contributed by atoms with Crippen LogP contribution in [0.5, 0.6) is 0 Å². The highest BCUT2D eigenvalue weighted by atomic mass is 31.2. The number of nitrogens with zero attached hydrogens (tertiary/aromatic N) is 1. The van der Waals surface area contributed by atoms with E-state index in [1.165, 1.54) is 6.08 Å². The minimum absolute atomic E-state index is 0.334. The SMILES string of the molecule is O=C(O)C1CN(C/C=C/P(=O)(O)O)CCN1. The molecule has 1 atom stereocenters. The minimum atomic E-state index is -4.11. The van der Waals surface area contributed by atoms with Crippen LogP contribution in [0.3, 0.4) is 0 Å². The Kier molecular flexibility index (Phi) is 4.64. The summed E-state index contributed by atoms with van der Waals surface area (Å²) in [4.78, 5) is 29.7. The molecule has 0 aliphatic carbocycles. The first-order chi connectivity index (χ1) is 7.38. The van der Waals surface area contributed by atoms with Gasteiger partial charge in [-0.1, -0.05) is 6.08 Å². The van der Waals surface area contributed by atoms with Crippen LogP contribution in [0, 0.1) is 0 Å². The molecule has 16 heavy (non-hydrogen) atoms. The molecule has 0 aromatic rings. The van der Waals surface area contributed by atoms with Crippen molar-refractivity contribution in [3.05, 3.63) is 11.9 Å². The molecule has 0 amide bonds. The third kappa shape index (κ3) is 4.87. The van der Waals surface area contributed by atoms with E-state index in [9.17, 15) is 9.36 Å². The largest absolute Gasteiger partial charge is 0.480 e. The second kappa shape index (κ2) is 5.56. The molecular weight excluding hydrogens is 235 g/mol. The van der Waals surface area contributed by atoms with E-state index in [4.69, 9.17) is 14.9 Å². The normalized spacial score (nSPS) is 23.8. The summed E-state index contributed by atoms with van der Waals surface area (Å²) in [5, 5.41) is 11.6. The summed E-state index contributed by atoms with van der Waals surface area (Å²) in [6.45, 7) is 1.90. The maximum atomic E-state index is 10.7. The van der Waals surface area contributed by atoms with Gasteiger partial charge in [0.1, 0.15) is 6.04 Å². The fourth-order valence-electron chi connectivity index (χ4n) is 1.48. The van der Waals surface area contributed by atoms with Crippen molar-refractivity contribution in [1.82, 2.24) is 10.2 Å². The zero-order chi connectivity index (χ0) is 12.2. The molecule has 4 N–H and O–H groups in total. The Morgan fingerprint density at radius 2 is 2.25 bits per heavy atom. The predicted octanol–water partition coefficient (Wildman–Crippen LogP) is -0.964. The van der Waals surface area contributed by atoms with Crippen LogP contribution in [-0.4, -0.2) is 58.0 Å². The Morgan fingerprint density at radius 1 is 1.56 bits per heavy atom. The van der Waals surface area contributed by atoms with Crippen LogP contribution in [0.1, 0.15) is 0 Å². The van der Waals surface area contributed by atoms with Gasteiger partial charge in [-0.05, 0) is 0 Å². The zero-order valence-electron chi connectivity index (χ0n) is 8.61. The maximum absolute atomic E-state index is 10.7. The van der Waals surface area contributed by atoms with Gasteiger partial charge in [0.05, 0.1) is 0 Å². The van der Waals surface area contributed by atoms with Gasteiger partial charge in [0.15, 0.2) is 0 Å². The minimum Gasteiger partial charge on any atom is -0.480 e. The van der Waals surface area contributed by atoms with Gasteiger partial charge in [-0.25, -0.2) is 0 Å². The standard InChI is InChI=1S/C8H15N2O5P/c11-8(12)7-6-10(4-2-9-7)3-1-5-16(13,14)15/h1,5,7,9H,2-4,6H2,(H,11,12)(H2,13,14,15)/b5-1+. The van der Waals surface area contributed by atoms with Gasteiger partial charge >= 0.3 is 13.6 Å². The average Bonchev–Trinajstić information content (AvgIpc) is 2.16. The summed E-state index contributed by atoms with van der Waals surface area (Å²) in [5.74, 6) is -0.0752. The molecule has 1 aliphatic heterocycles. The molecule has 1 heterocycles.